The zero-order valence-electron chi connectivity index (χ0n) is 10.1. The number of aryl methyl sites for hydroxylation is 1. The summed E-state index contributed by atoms with van der Waals surface area (Å²) in [6.07, 6.45) is 3.22. The molecule has 1 aromatic heterocycles. The summed E-state index contributed by atoms with van der Waals surface area (Å²) in [5.74, 6) is 1.61. The molecule has 1 heterocycles. The van der Waals surface area contributed by atoms with E-state index in [1.165, 1.54) is 11.5 Å². The van der Waals surface area contributed by atoms with Crippen molar-refractivity contribution in [3.05, 3.63) is 5.82 Å². The van der Waals surface area contributed by atoms with E-state index in [2.05, 4.69) is 42.4 Å². The zero-order valence-corrected chi connectivity index (χ0v) is 10.9. The Morgan fingerprint density at radius 3 is 2.60 bits per heavy atom. The normalized spacial score (nSPS) is 13.1. The molecular weight excluding hydrogens is 206 g/mol. The van der Waals surface area contributed by atoms with Crippen LogP contribution in [-0.2, 0) is 6.42 Å². The first-order valence-corrected chi connectivity index (χ1v) is 6.53. The first-order chi connectivity index (χ1) is 7.17. The molecule has 15 heavy (non-hydrogen) atoms. The summed E-state index contributed by atoms with van der Waals surface area (Å²) >= 11 is 1.48. The second-order valence-electron chi connectivity index (χ2n) is 4.17. The van der Waals surface area contributed by atoms with Gasteiger partial charge in [0.25, 0.3) is 0 Å². The van der Waals surface area contributed by atoms with Gasteiger partial charge in [0.1, 0.15) is 5.82 Å². The third-order valence-corrected chi connectivity index (χ3v) is 3.18. The topological polar surface area (TPSA) is 37.8 Å². The predicted molar refractivity (Wildman–Crippen MR) is 66.4 cm³/mol. The van der Waals surface area contributed by atoms with Crippen molar-refractivity contribution in [1.29, 1.82) is 0 Å². The minimum absolute atomic E-state index is 0.507. The minimum Gasteiger partial charge on any atom is -0.357 e. The smallest absolute Gasteiger partial charge is 0.202 e. The molecule has 1 unspecified atom stereocenters. The molecule has 0 bridgehead atoms. The number of nitrogens with one attached hydrogen (secondary N) is 1. The van der Waals surface area contributed by atoms with Crippen LogP contribution in [0.5, 0.6) is 0 Å². The lowest BCUT2D eigenvalue weighted by Crippen LogP contribution is -2.24. The van der Waals surface area contributed by atoms with E-state index in [0.29, 0.717) is 12.0 Å². The van der Waals surface area contributed by atoms with Gasteiger partial charge in [-0.1, -0.05) is 27.7 Å². The van der Waals surface area contributed by atoms with E-state index in [9.17, 15) is 0 Å². The van der Waals surface area contributed by atoms with E-state index >= 15 is 0 Å². The van der Waals surface area contributed by atoms with E-state index in [0.717, 1.165) is 30.2 Å². The van der Waals surface area contributed by atoms with E-state index in [1.54, 1.807) is 0 Å². The molecule has 4 heteroatoms. The van der Waals surface area contributed by atoms with E-state index in [-0.39, 0.29) is 0 Å². The second kappa shape index (κ2) is 6.05. The molecule has 0 saturated carbocycles. The van der Waals surface area contributed by atoms with Crippen molar-refractivity contribution < 1.29 is 0 Å². The third kappa shape index (κ3) is 3.78. The predicted octanol–water partition coefficient (Wildman–Crippen LogP) is 3.34. The standard InChI is InChI=1S/C11H21N3S/c1-5-7-10-13-11(15-14-10)12-9(6-2)8(3)4/h8-9H,5-7H2,1-4H3,(H,12,13,14). The molecule has 1 aromatic rings. The monoisotopic (exact) mass is 227 g/mol. The van der Waals surface area contributed by atoms with Crippen molar-refractivity contribution in [3.8, 4) is 0 Å². The molecule has 0 aromatic carbocycles. The average molecular weight is 227 g/mol. The summed E-state index contributed by atoms with van der Waals surface area (Å²) in [7, 11) is 0. The van der Waals surface area contributed by atoms with Crippen LogP contribution in [-0.4, -0.2) is 15.4 Å². The van der Waals surface area contributed by atoms with Gasteiger partial charge in [-0.3, -0.25) is 0 Å². The van der Waals surface area contributed by atoms with Crippen LogP contribution >= 0.6 is 11.5 Å². The molecule has 86 valence electrons. The van der Waals surface area contributed by atoms with Crippen LogP contribution in [0.3, 0.4) is 0 Å². The molecule has 0 radical (unpaired) electrons. The van der Waals surface area contributed by atoms with Crippen molar-refractivity contribution in [3.63, 3.8) is 0 Å². The van der Waals surface area contributed by atoms with Crippen molar-refractivity contribution in [2.24, 2.45) is 5.92 Å². The number of hydrogen-bond acceptors (Lipinski definition) is 4. The van der Waals surface area contributed by atoms with Gasteiger partial charge in [0.05, 0.1) is 0 Å². The first-order valence-electron chi connectivity index (χ1n) is 5.76. The molecule has 3 nitrogen and oxygen atoms in total. The molecule has 0 aliphatic rings. The lowest BCUT2D eigenvalue weighted by molar-refractivity contribution is 0.511. The maximum atomic E-state index is 4.47. The van der Waals surface area contributed by atoms with Gasteiger partial charge in [-0.25, -0.2) is 4.98 Å². The Kier molecular flexibility index (Phi) is 5.02. The molecule has 0 saturated heterocycles. The molecule has 0 aliphatic carbocycles. The summed E-state index contributed by atoms with van der Waals surface area (Å²) in [5.41, 5.74) is 0. The van der Waals surface area contributed by atoms with Gasteiger partial charge in [-0.2, -0.15) is 4.37 Å². The van der Waals surface area contributed by atoms with Gasteiger partial charge < -0.3 is 5.32 Å². The molecular formula is C11H21N3S. The molecule has 0 amide bonds. The third-order valence-electron chi connectivity index (χ3n) is 2.50. The van der Waals surface area contributed by atoms with Crippen LogP contribution in [0.15, 0.2) is 0 Å². The summed E-state index contributed by atoms with van der Waals surface area (Å²) < 4.78 is 4.32. The SMILES string of the molecule is CCCc1nsc(NC(CC)C(C)C)n1. The average Bonchev–Trinajstić information content (AvgIpc) is 2.62. The number of aromatic nitrogens is 2. The van der Waals surface area contributed by atoms with Gasteiger partial charge in [-0.05, 0) is 18.8 Å². The van der Waals surface area contributed by atoms with Crippen LogP contribution in [0.1, 0.15) is 46.4 Å². The molecule has 1 N–H and O–H groups in total. The first kappa shape index (κ1) is 12.4. The Balaban J connectivity index is 2.55. The fourth-order valence-corrected chi connectivity index (χ4v) is 2.21. The highest BCUT2D eigenvalue weighted by Gasteiger charge is 2.12. The van der Waals surface area contributed by atoms with Crippen molar-refractivity contribution in [2.45, 2.75) is 53.0 Å². The maximum absolute atomic E-state index is 4.47. The van der Waals surface area contributed by atoms with Crippen molar-refractivity contribution in [1.82, 2.24) is 9.36 Å². The van der Waals surface area contributed by atoms with Gasteiger partial charge >= 0.3 is 0 Å². The Bertz CT molecular complexity index is 283. The molecule has 0 aliphatic heterocycles. The number of anilines is 1. The number of rotatable bonds is 6. The highest BCUT2D eigenvalue weighted by Crippen LogP contribution is 2.17. The lowest BCUT2D eigenvalue weighted by atomic mass is 10.0. The van der Waals surface area contributed by atoms with Crippen LogP contribution < -0.4 is 5.32 Å². The van der Waals surface area contributed by atoms with Gasteiger partial charge in [0, 0.05) is 24.0 Å². The van der Waals surface area contributed by atoms with E-state index in [1.807, 2.05) is 0 Å². The summed E-state index contributed by atoms with van der Waals surface area (Å²) in [6, 6.07) is 0.507. The Morgan fingerprint density at radius 2 is 2.07 bits per heavy atom. The van der Waals surface area contributed by atoms with Crippen LogP contribution in [0.2, 0.25) is 0 Å². The molecule has 0 fully saturated rings. The van der Waals surface area contributed by atoms with Crippen molar-refractivity contribution in [2.75, 3.05) is 5.32 Å². The summed E-state index contributed by atoms with van der Waals surface area (Å²) in [6.45, 7) is 8.81. The van der Waals surface area contributed by atoms with Crippen molar-refractivity contribution >= 4 is 16.7 Å². The largest absolute Gasteiger partial charge is 0.357 e. The number of nitrogens with zero attached hydrogens (tertiary/aromatic N) is 2. The van der Waals surface area contributed by atoms with Gasteiger partial charge in [0.15, 0.2) is 0 Å². The van der Waals surface area contributed by atoms with E-state index in [4.69, 9.17) is 0 Å². The van der Waals surface area contributed by atoms with Gasteiger partial charge in [0.2, 0.25) is 5.13 Å². The minimum atomic E-state index is 0.507. The second-order valence-corrected chi connectivity index (χ2v) is 4.92. The Labute approximate surface area is 96.5 Å². The van der Waals surface area contributed by atoms with Crippen LogP contribution in [0, 0.1) is 5.92 Å². The number of hydrogen-bond donors (Lipinski definition) is 1. The lowest BCUT2D eigenvalue weighted by Gasteiger charge is -2.19. The summed E-state index contributed by atoms with van der Waals surface area (Å²) in [5, 5.41) is 4.42. The fraction of sp³-hybridized carbons (Fsp3) is 0.818. The highest BCUT2D eigenvalue weighted by molar-refractivity contribution is 7.09. The fourth-order valence-electron chi connectivity index (χ4n) is 1.54. The highest BCUT2D eigenvalue weighted by atomic mass is 32.1. The van der Waals surface area contributed by atoms with E-state index < -0.39 is 0 Å². The van der Waals surface area contributed by atoms with Crippen LogP contribution in [0.25, 0.3) is 0 Å². The molecule has 0 spiro atoms. The molecule has 1 atom stereocenters. The van der Waals surface area contributed by atoms with Gasteiger partial charge in [-0.15, -0.1) is 0 Å². The maximum Gasteiger partial charge on any atom is 0.202 e. The Morgan fingerprint density at radius 1 is 1.33 bits per heavy atom. The quantitative estimate of drug-likeness (QED) is 0.810. The Hall–Kier alpha value is -0.640. The zero-order chi connectivity index (χ0) is 11.3. The van der Waals surface area contributed by atoms with Crippen LogP contribution in [0.4, 0.5) is 5.13 Å². The summed E-state index contributed by atoms with van der Waals surface area (Å²) in [4.78, 5) is 4.47. The molecule has 1 rings (SSSR count).